The molecular weight excluding hydrogens is 355 g/mol. The third-order valence-electron chi connectivity index (χ3n) is 6.12. The zero-order valence-corrected chi connectivity index (χ0v) is 16.5. The second kappa shape index (κ2) is 7.46. The van der Waals surface area contributed by atoms with Crippen molar-refractivity contribution in [1.82, 2.24) is 4.90 Å². The lowest BCUT2D eigenvalue weighted by Gasteiger charge is -2.40. The lowest BCUT2D eigenvalue weighted by molar-refractivity contribution is 0.0788. The van der Waals surface area contributed by atoms with Crippen LogP contribution < -0.4 is 4.90 Å². The van der Waals surface area contributed by atoms with E-state index in [2.05, 4.69) is 18.7 Å². The monoisotopic (exact) mass is 382 g/mol. The first-order chi connectivity index (χ1) is 13.5. The molecule has 5 heteroatoms. The van der Waals surface area contributed by atoms with Crippen LogP contribution in [-0.4, -0.2) is 36.7 Å². The van der Waals surface area contributed by atoms with Crippen molar-refractivity contribution in [2.24, 2.45) is 0 Å². The number of anilines is 1. The summed E-state index contributed by atoms with van der Waals surface area (Å²) in [5.74, 6) is -0.187. The number of carbonyl (C=O) groups is 1. The fraction of sp³-hybridized carbons (Fsp3) is 0.435. The van der Waals surface area contributed by atoms with Crippen LogP contribution in [0, 0.1) is 5.82 Å². The number of hydrogen-bond acceptors (Lipinski definition) is 3. The van der Waals surface area contributed by atoms with E-state index in [-0.39, 0.29) is 23.9 Å². The summed E-state index contributed by atoms with van der Waals surface area (Å²) >= 11 is 0. The van der Waals surface area contributed by atoms with Gasteiger partial charge in [-0.3, -0.25) is 0 Å². The summed E-state index contributed by atoms with van der Waals surface area (Å²) < 4.78 is 19.5. The van der Waals surface area contributed by atoms with Gasteiger partial charge in [-0.25, -0.2) is 9.18 Å². The van der Waals surface area contributed by atoms with E-state index in [1.807, 2.05) is 36.4 Å². The van der Waals surface area contributed by atoms with E-state index in [4.69, 9.17) is 4.74 Å². The lowest BCUT2D eigenvalue weighted by Crippen LogP contribution is -2.48. The molecule has 0 saturated carbocycles. The molecule has 0 aromatic heterocycles. The van der Waals surface area contributed by atoms with Crippen molar-refractivity contribution in [3.8, 4) is 0 Å². The van der Waals surface area contributed by atoms with Crippen molar-refractivity contribution < 1.29 is 13.9 Å². The summed E-state index contributed by atoms with van der Waals surface area (Å²) in [6, 6.07) is 15.2. The smallest absolute Gasteiger partial charge is 0.410 e. The van der Waals surface area contributed by atoms with E-state index in [0.717, 1.165) is 36.2 Å². The highest BCUT2D eigenvalue weighted by atomic mass is 19.1. The molecule has 2 heterocycles. The zero-order valence-electron chi connectivity index (χ0n) is 16.5. The molecule has 0 unspecified atom stereocenters. The molecule has 0 aliphatic carbocycles. The van der Waals surface area contributed by atoms with Gasteiger partial charge in [0, 0.05) is 36.8 Å². The maximum atomic E-state index is 14.0. The first kappa shape index (κ1) is 18.8. The Hall–Kier alpha value is -2.56. The second-order valence-electron chi connectivity index (χ2n) is 8.19. The number of carbonyl (C=O) groups excluding carboxylic acids is 1. The Morgan fingerprint density at radius 2 is 1.86 bits per heavy atom. The van der Waals surface area contributed by atoms with Crippen molar-refractivity contribution in [3.05, 3.63) is 65.5 Å². The number of halogens is 1. The summed E-state index contributed by atoms with van der Waals surface area (Å²) in [6.07, 6.45) is 1.39. The predicted octanol–water partition coefficient (Wildman–Crippen LogP) is 4.72. The second-order valence-corrected chi connectivity index (χ2v) is 8.19. The number of fused-ring (bicyclic) bond motifs is 2. The minimum Gasteiger partial charge on any atom is -0.445 e. The fourth-order valence-electron chi connectivity index (χ4n) is 4.50. The number of likely N-dealkylation sites (tertiary alicyclic amines) is 1. The van der Waals surface area contributed by atoms with Crippen molar-refractivity contribution in [3.63, 3.8) is 0 Å². The number of ether oxygens (including phenoxy) is 1. The summed E-state index contributed by atoms with van der Waals surface area (Å²) in [6.45, 7) is 6.78. The number of rotatable bonds is 3. The van der Waals surface area contributed by atoms with Crippen molar-refractivity contribution in [2.75, 3.05) is 24.5 Å². The molecule has 0 radical (unpaired) electrons. The Balaban J connectivity index is 1.43. The van der Waals surface area contributed by atoms with Crippen molar-refractivity contribution in [1.29, 1.82) is 0 Å². The molecule has 148 valence electrons. The highest BCUT2D eigenvalue weighted by Crippen LogP contribution is 2.48. The van der Waals surface area contributed by atoms with Gasteiger partial charge in [-0.2, -0.15) is 0 Å². The average molecular weight is 382 g/mol. The minimum absolute atomic E-state index is 0.0854. The predicted molar refractivity (Wildman–Crippen MR) is 108 cm³/mol. The number of nitrogens with zero attached hydrogens (tertiary/aromatic N) is 2. The van der Waals surface area contributed by atoms with Crippen LogP contribution in [0.5, 0.6) is 0 Å². The largest absolute Gasteiger partial charge is 0.445 e. The molecule has 2 aromatic carbocycles. The van der Waals surface area contributed by atoms with E-state index in [1.165, 1.54) is 0 Å². The average Bonchev–Trinajstić information content (AvgIpc) is 3.01. The van der Waals surface area contributed by atoms with E-state index < -0.39 is 0 Å². The van der Waals surface area contributed by atoms with Gasteiger partial charge < -0.3 is 14.5 Å². The molecule has 28 heavy (non-hydrogen) atoms. The number of hydrogen-bond donors (Lipinski definition) is 0. The quantitative estimate of drug-likeness (QED) is 0.770. The van der Waals surface area contributed by atoms with Crippen LogP contribution in [0.15, 0.2) is 48.5 Å². The lowest BCUT2D eigenvalue weighted by atomic mass is 9.74. The standard InChI is InChI=1S/C23H27FN2O2/c1-17(2)26-16-23(20-14-19(24)8-9-21(20)26)10-12-25(13-11-23)22(27)28-15-18-6-4-3-5-7-18/h3-9,14,17H,10-13,15-16H2,1-2H3. The Morgan fingerprint density at radius 3 is 2.54 bits per heavy atom. The third-order valence-corrected chi connectivity index (χ3v) is 6.12. The molecule has 0 N–H and O–H groups in total. The van der Waals surface area contributed by atoms with Gasteiger partial charge in [0.05, 0.1) is 0 Å². The molecule has 2 aliphatic heterocycles. The molecule has 1 spiro atoms. The van der Waals surface area contributed by atoms with Crippen LogP contribution in [0.4, 0.5) is 14.9 Å². The first-order valence-corrected chi connectivity index (χ1v) is 10.0. The Morgan fingerprint density at radius 1 is 1.14 bits per heavy atom. The SMILES string of the molecule is CC(C)N1CC2(CCN(C(=O)OCc3ccccc3)CC2)c2cc(F)ccc21. The first-order valence-electron chi connectivity index (χ1n) is 10.0. The van der Waals surface area contributed by atoms with Crippen molar-refractivity contribution in [2.45, 2.75) is 44.8 Å². The van der Waals surface area contributed by atoms with Gasteiger partial charge >= 0.3 is 6.09 Å². The van der Waals surface area contributed by atoms with E-state index in [0.29, 0.717) is 19.1 Å². The number of piperidine rings is 1. The van der Waals surface area contributed by atoms with Gasteiger partial charge in [0.2, 0.25) is 0 Å². The molecule has 4 rings (SSSR count). The summed E-state index contributed by atoms with van der Waals surface area (Å²) in [7, 11) is 0. The van der Waals surface area contributed by atoms with Gasteiger partial charge in [-0.1, -0.05) is 30.3 Å². The molecule has 4 nitrogen and oxygen atoms in total. The van der Waals surface area contributed by atoms with Crippen LogP contribution >= 0.6 is 0 Å². The van der Waals surface area contributed by atoms with Crippen LogP contribution in [0.2, 0.25) is 0 Å². The molecule has 1 amide bonds. The molecule has 0 atom stereocenters. The van der Waals surface area contributed by atoms with Gasteiger partial charge in [0.25, 0.3) is 0 Å². The molecule has 1 saturated heterocycles. The maximum absolute atomic E-state index is 14.0. The van der Waals surface area contributed by atoms with Crippen LogP contribution in [-0.2, 0) is 16.8 Å². The van der Waals surface area contributed by atoms with Gasteiger partial charge in [0.1, 0.15) is 12.4 Å². The Labute approximate surface area is 165 Å². The minimum atomic E-state index is -0.267. The zero-order chi connectivity index (χ0) is 19.7. The summed E-state index contributed by atoms with van der Waals surface area (Å²) in [5.41, 5.74) is 3.13. The number of amides is 1. The van der Waals surface area contributed by atoms with Gasteiger partial charge in [-0.05, 0) is 56.0 Å². The maximum Gasteiger partial charge on any atom is 0.410 e. The van der Waals surface area contributed by atoms with Crippen LogP contribution in [0.3, 0.4) is 0 Å². The van der Waals surface area contributed by atoms with Crippen molar-refractivity contribution >= 4 is 11.8 Å². The number of benzene rings is 2. The topological polar surface area (TPSA) is 32.8 Å². The molecule has 0 bridgehead atoms. The molecule has 1 fully saturated rings. The third kappa shape index (κ3) is 3.46. The van der Waals surface area contributed by atoms with Gasteiger partial charge in [-0.15, -0.1) is 0 Å². The van der Waals surface area contributed by atoms with Crippen LogP contribution in [0.25, 0.3) is 0 Å². The van der Waals surface area contributed by atoms with E-state index in [9.17, 15) is 9.18 Å². The molecule has 2 aliphatic rings. The molecular formula is C23H27FN2O2. The van der Waals surface area contributed by atoms with Gasteiger partial charge in [0.15, 0.2) is 0 Å². The summed E-state index contributed by atoms with van der Waals surface area (Å²) in [4.78, 5) is 16.6. The Kier molecular flexibility index (Phi) is 5.00. The molecule has 2 aromatic rings. The van der Waals surface area contributed by atoms with E-state index >= 15 is 0 Å². The Bertz CT molecular complexity index is 845. The highest BCUT2D eigenvalue weighted by Gasteiger charge is 2.46. The fourth-order valence-corrected chi connectivity index (χ4v) is 4.50. The van der Waals surface area contributed by atoms with E-state index in [1.54, 1.807) is 17.0 Å². The normalized spacial score (nSPS) is 17.9. The van der Waals surface area contributed by atoms with Crippen LogP contribution in [0.1, 0.15) is 37.8 Å². The summed E-state index contributed by atoms with van der Waals surface area (Å²) in [5, 5.41) is 0. The highest BCUT2D eigenvalue weighted by molar-refractivity contribution is 5.69.